The minimum absolute atomic E-state index is 0.0394. The minimum atomic E-state index is -0.0394. The van der Waals surface area contributed by atoms with Crippen molar-refractivity contribution in [1.29, 1.82) is 0 Å². The summed E-state index contributed by atoms with van der Waals surface area (Å²) in [6.45, 7) is 2.14. The van der Waals surface area contributed by atoms with Gasteiger partial charge in [-0.15, -0.1) is 0 Å². The quantitative estimate of drug-likeness (QED) is 0.842. The number of pyridine rings is 1. The van der Waals surface area contributed by atoms with Crippen molar-refractivity contribution in [3.8, 4) is 0 Å². The van der Waals surface area contributed by atoms with Gasteiger partial charge in [-0.05, 0) is 46.8 Å². The summed E-state index contributed by atoms with van der Waals surface area (Å²) < 4.78 is 0.944. The fraction of sp³-hybridized carbons (Fsp3) is 0.571. The zero-order valence-electron chi connectivity index (χ0n) is 10.2. The highest BCUT2D eigenvalue weighted by atomic mass is 79.9. The molecule has 2 rings (SSSR count). The zero-order chi connectivity index (χ0) is 12.3. The molecular formula is C14H18BrNO. The molecule has 0 aliphatic heterocycles. The lowest BCUT2D eigenvalue weighted by molar-refractivity contribution is -0.128. The van der Waals surface area contributed by atoms with Crippen molar-refractivity contribution in [2.24, 2.45) is 5.41 Å². The number of hydrogen-bond donors (Lipinski definition) is 0. The van der Waals surface area contributed by atoms with Gasteiger partial charge in [0.2, 0.25) is 0 Å². The first-order valence-electron chi connectivity index (χ1n) is 6.29. The molecule has 17 heavy (non-hydrogen) atoms. The predicted octanol–water partition coefficient (Wildman–Crippen LogP) is 3.93. The summed E-state index contributed by atoms with van der Waals surface area (Å²) in [5.74, 6) is 0.400. The molecule has 0 radical (unpaired) electrons. The first kappa shape index (κ1) is 12.7. The van der Waals surface area contributed by atoms with Gasteiger partial charge >= 0.3 is 0 Å². The maximum absolute atomic E-state index is 12.4. The van der Waals surface area contributed by atoms with E-state index in [-0.39, 0.29) is 5.41 Å². The molecule has 0 unspecified atom stereocenters. The Morgan fingerprint density at radius 3 is 2.71 bits per heavy atom. The molecular weight excluding hydrogens is 278 g/mol. The molecule has 0 atom stereocenters. The van der Waals surface area contributed by atoms with E-state index in [1.54, 1.807) is 12.4 Å². The molecule has 0 bridgehead atoms. The van der Waals surface area contributed by atoms with Gasteiger partial charge < -0.3 is 0 Å². The van der Waals surface area contributed by atoms with Crippen LogP contribution in [-0.4, -0.2) is 10.8 Å². The van der Waals surface area contributed by atoms with Gasteiger partial charge in [0.15, 0.2) is 0 Å². The average molecular weight is 296 g/mol. The second-order valence-electron chi connectivity index (χ2n) is 4.95. The average Bonchev–Trinajstić information content (AvgIpc) is 2.78. The minimum Gasteiger partial charge on any atom is -0.299 e. The molecule has 1 aliphatic rings. The lowest BCUT2D eigenvalue weighted by Crippen LogP contribution is -2.28. The van der Waals surface area contributed by atoms with Gasteiger partial charge in [0.1, 0.15) is 5.78 Å². The lowest BCUT2D eigenvalue weighted by Gasteiger charge is -2.25. The van der Waals surface area contributed by atoms with E-state index in [9.17, 15) is 4.79 Å². The summed E-state index contributed by atoms with van der Waals surface area (Å²) in [6, 6.07) is 1.99. The molecule has 3 heteroatoms. The van der Waals surface area contributed by atoms with Gasteiger partial charge in [0.05, 0.1) is 0 Å². The van der Waals surface area contributed by atoms with Crippen molar-refractivity contribution < 1.29 is 4.79 Å². The summed E-state index contributed by atoms with van der Waals surface area (Å²) in [4.78, 5) is 16.5. The highest BCUT2D eigenvalue weighted by Gasteiger charge is 2.38. The van der Waals surface area contributed by atoms with Crippen LogP contribution in [0.15, 0.2) is 22.9 Å². The summed E-state index contributed by atoms with van der Waals surface area (Å²) >= 11 is 3.39. The van der Waals surface area contributed by atoms with Crippen LogP contribution in [0.2, 0.25) is 0 Å². The highest BCUT2D eigenvalue weighted by molar-refractivity contribution is 9.10. The fourth-order valence-electron chi connectivity index (χ4n) is 2.81. The second-order valence-corrected chi connectivity index (χ2v) is 5.87. The normalized spacial score (nSPS) is 18.2. The summed E-state index contributed by atoms with van der Waals surface area (Å²) in [7, 11) is 0. The molecule has 0 saturated heterocycles. The SMILES string of the molecule is CCC1(C(=O)Cc2cncc(Br)c2)CCCC1. The van der Waals surface area contributed by atoms with Gasteiger partial charge in [-0.25, -0.2) is 0 Å². The van der Waals surface area contributed by atoms with Crippen LogP contribution in [0.4, 0.5) is 0 Å². The van der Waals surface area contributed by atoms with E-state index >= 15 is 0 Å². The third kappa shape index (κ3) is 2.76. The van der Waals surface area contributed by atoms with E-state index in [1.807, 2.05) is 6.07 Å². The number of carbonyl (C=O) groups is 1. The number of halogens is 1. The number of Topliss-reactive ketones (excluding diaryl/α,β-unsaturated/α-hetero) is 1. The molecule has 92 valence electrons. The molecule has 1 aromatic rings. The van der Waals surface area contributed by atoms with Crippen molar-refractivity contribution >= 4 is 21.7 Å². The van der Waals surface area contributed by atoms with Crippen molar-refractivity contribution in [3.05, 3.63) is 28.5 Å². The van der Waals surface area contributed by atoms with Gasteiger partial charge in [-0.3, -0.25) is 9.78 Å². The first-order chi connectivity index (χ1) is 8.16. The van der Waals surface area contributed by atoms with Gasteiger partial charge in [0.25, 0.3) is 0 Å². The van der Waals surface area contributed by atoms with E-state index in [0.717, 1.165) is 29.3 Å². The van der Waals surface area contributed by atoms with Crippen LogP contribution in [0, 0.1) is 5.41 Å². The third-order valence-electron chi connectivity index (χ3n) is 3.96. The Balaban J connectivity index is 2.10. The van der Waals surface area contributed by atoms with Crippen LogP contribution < -0.4 is 0 Å². The summed E-state index contributed by atoms with van der Waals surface area (Å²) in [5, 5.41) is 0. The van der Waals surface area contributed by atoms with Crippen molar-refractivity contribution in [2.45, 2.75) is 45.4 Å². The van der Waals surface area contributed by atoms with E-state index in [4.69, 9.17) is 0 Å². The van der Waals surface area contributed by atoms with Crippen LogP contribution >= 0.6 is 15.9 Å². The Hall–Kier alpha value is -0.700. The summed E-state index contributed by atoms with van der Waals surface area (Å²) in [6.07, 6.45) is 9.60. The van der Waals surface area contributed by atoms with Crippen molar-refractivity contribution in [2.75, 3.05) is 0 Å². The van der Waals surface area contributed by atoms with Crippen LogP contribution in [-0.2, 0) is 11.2 Å². The van der Waals surface area contributed by atoms with Crippen LogP contribution in [0.3, 0.4) is 0 Å². The molecule has 1 aromatic heterocycles. The number of hydrogen-bond acceptors (Lipinski definition) is 2. The largest absolute Gasteiger partial charge is 0.299 e. The highest BCUT2D eigenvalue weighted by Crippen LogP contribution is 2.42. The number of rotatable bonds is 4. The Bertz CT molecular complexity index is 410. The number of nitrogens with zero attached hydrogens (tertiary/aromatic N) is 1. The van der Waals surface area contributed by atoms with Crippen molar-refractivity contribution in [3.63, 3.8) is 0 Å². The molecule has 1 fully saturated rings. The lowest BCUT2D eigenvalue weighted by atomic mass is 9.77. The number of carbonyl (C=O) groups excluding carboxylic acids is 1. The first-order valence-corrected chi connectivity index (χ1v) is 7.08. The molecule has 0 spiro atoms. The third-order valence-corrected chi connectivity index (χ3v) is 4.39. The Morgan fingerprint density at radius 2 is 2.12 bits per heavy atom. The van der Waals surface area contributed by atoms with Gasteiger partial charge in [-0.1, -0.05) is 19.8 Å². The predicted molar refractivity (Wildman–Crippen MR) is 71.8 cm³/mol. The number of ketones is 1. The molecule has 0 amide bonds. The molecule has 0 N–H and O–H groups in total. The zero-order valence-corrected chi connectivity index (χ0v) is 11.8. The summed E-state index contributed by atoms with van der Waals surface area (Å²) in [5.41, 5.74) is 0.978. The van der Waals surface area contributed by atoms with Crippen molar-refractivity contribution in [1.82, 2.24) is 4.98 Å². The topological polar surface area (TPSA) is 30.0 Å². The van der Waals surface area contributed by atoms with Crippen LogP contribution in [0.25, 0.3) is 0 Å². The van der Waals surface area contributed by atoms with E-state index in [0.29, 0.717) is 12.2 Å². The molecule has 0 aromatic carbocycles. The van der Waals surface area contributed by atoms with E-state index < -0.39 is 0 Å². The molecule has 1 saturated carbocycles. The van der Waals surface area contributed by atoms with Crippen LogP contribution in [0.5, 0.6) is 0 Å². The van der Waals surface area contributed by atoms with E-state index in [2.05, 4.69) is 27.8 Å². The Labute approximate surface area is 111 Å². The van der Waals surface area contributed by atoms with E-state index in [1.165, 1.54) is 12.8 Å². The van der Waals surface area contributed by atoms with Gasteiger partial charge in [0, 0.05) is 28.7 Å². The maximum Gasteiger partial charge on any atom is 0.143 e. The second kappa shape index (κ2) is 5.30. The molecule has 1 heterocycles. The molecule has 1 aliphatic carbocycles. The maximum atomic E-state index is 12.4. The van der Waals surface area contributed by atoms with Crippen LogP contribution in [0.1, 0.15) is 44.6 Å². The fourth-order valence-corrected chi connectivity index (χ4v) is 3.22. The smallest absolute Gasteiger partial charge is 0.143 e. The number of aromatic nitrogens is 1. The standard InChI is InChI=1S/C14H18BrNO/c1-2-14(5-3-4-6-14)13(17)8-11-7-12(15)10-16-9-11/h7,9-10H,2-6,8H2,1H3. The monoisotopic (exact) mass is 295 g/mol. The molecule has 2 nitrogen and oxygen atoms in total. The van der Waals surface area contributed by atoms with Gasteiger partial charge in [-0.2, -0.15) is 0 Å². The Morgan fingerprint density at radius 1 is 1.41 bits per heavy atom. The Kier molecular flexibility index (Phi) is 3.97.